The first kappa shape index (κ1) is 23.6. The van der Waals surface area contributed by atoms with Crippen LogP contribution in [0, 0.1) is 31.0 Å². The second-order valence-corrected chi connectivity index (χ2v) is 7.48. The summed E-state index contributed by atoms with van der Waals surface area (Å²) in [5.74, 6) is -0.868. The lowest BCUT2D eigenvalue weighted by molar-refractivity contribution is -0.147. The van der Waals surface area contributed by atoms with Gasteiger partial charge in [0.2, 0.25) is 11.7 Å². The van der Waals surface area contributed by atoms with Crippen LogP contribution in [0.4, 0.5) is 10.1 Å². The zero-order valence-corrected chi connectivity index (χ0v) is 18.4. The number of hydrogen-bond acceptors (Lipinski definition) is 7. The highest BCUT2D eigenvalue weighted by Crippen LogP contribution is 2.20. The molecule has 0 atom stereocenters. The summed E-state index contributed by atoms with van der Waals surface area (Å²) < 4.78 is 23.3. The maximum Gasteiger partial charge on any atom is 0.306 e. The zero-order chi connectivity index (χ0) is 23.8. The van der Waals surface area contributed by atoms with Crippen LogP contribution in [0.3, 0.4) is 0 Å². The summed E-state index contributed by atoms with van der Waals surface area (Å²) in [6, 6.07) is 13.3. The van der Waals surface area contributed by atoms with Gasteiger partial charge in [-0.25, -0.2) is 4.39 Å². The average molecular weight is 450 g/mol. The molecule has 2 aromatic carbocycles. The Kier molecular flexibility index (Phi) is 7.86. The highest BCUT2D eigenvalue weighted by molar-refractivity contribution is 5.95. The minimum atomic E-state index is -0.592. The summed E-state index contributed by atoms with van der Waals surface area (Å²) >= 11 is 0. The molecule has 170 valence electrons. The molecule has 1 aromatic heterocycles. The third-order valence-electron chi connectivity index (χ3n) is 4.74. The molecule has 0 radical (unpaired) electrons. The molecule has 1 amide bonds. The van der Waals surface area contributed by atoms with Crippen molar-refractivity contribution in [3.63, 3.8) is 0 Å². The Morgan fingerprint density at radius 1 is 1.15 bits per heavy atom. The SMILES string of the molecule is Cc1cc(C)cc(N(CCC#N)C(=O)COC(=O)CCc2nc(-c3ccc(F)cc3)no2)c1. The Morgan fingerprint density at radius 3 is 2.52 bits per heavy atom. The lowest BCUT2D eigenvalue weighted by atomic mass is 10.1. The molecule has 9 heteroatoms. The minimum Gasteiger partial charge on any atom is -0.456 e. The minimum absolute atomic E-state index is 0.0555. The number of halogens is 1. The molecule has 0 spiro atoms. The number of aryl methyl sites for hydroxylation is 3. The van der Waals surface area contributed by atoms with Crippen molar-refractivity contribution in [2.24, 2.45) is 0 Å². The van der Waals surface area contributed by atoms with E-state index in [1.807, 2.05) is 38.1 Å². The standard InChI is InChI=1S/C24H23FN4O4/c1-16-12-17(2)14-20(13-16)29(11-3-10-26)22(30)15-32-23(31)9-8-21-27-24(28-33-21)18-4-6-19(25)7-5-18/h4-7,12-14H,3,8-9,11,15H2,1-2H3. The highest BCUT2D eigenvalue weighted by Gasteiger charge is 2.19. The molecule has 1 heterocycles. The number of amides is 1. The highest BCUT2D eigenvalue weighted by atomic mass is 19.1. The van der Waals surface area contributed by atoms with E-state index in [0.29, 0.717) is 11.3 Å². The Labute approximate surface area is 190 Å². The van der Waals surface area contributed by atoms with Crippen molar-refractivity contribution in [2.75, 3.05) is 18.1 Å². The Bertz CT molecular complexity index is 1150. The van der Waals surface area contributed by atoms with Crippen LogP contribution in [0.2, 0.25) is 0 Å². The van der Waals surface area contributed by atoms with E-state index in [0.717, 1.165) is 11.1 Å². The van der Waals surface area contributed by atoms with Gasteiger partial charge >= 0.3 is 5.97 Å². The topological polar surface area (TPSA) is 109 Å². The van der Waals surface area contributed by atoms with E-state index < -0.39 is 18.5 Å². The molecule has 3 aromatic rings. The van der Waals surface area contributed by atoms with Crippen LogP contribution in [0.1, 0.15) is 29.9 Å². The number of carbonyl (C=O) groups is 2. The van der Waals surface area contributed by atoms with E-state index >= 15 is 0 Å². The smallest absolute Gasteiger partial charge is 0.306 e. The number of hydrogen-bond donors (Lipinski definition) is 0. The Morgan fingerprint density at radius 2 is 1.85 bits per heavy atom. The third-order valence-corrected chi connectivity index (χ3v) is 4.74. The molecular weight excluding hydrogens is 427 g/mol. The monoisotopic (exact) mass is 450 g/mol. The number of anilines is 1. The first-order chi connectivity index (χ1) is 15.9. The lowest BCUT2D eigenvalue weighted by Crippen LogP contribution is -2.35. The van der Waals surface area contributed by atoms with Crippen molar-refractivity contribution in [3.8, 4) is 17.5 Å². The maximum absolute atomic E-state index is 13.0. The molecule has 0 N–H and O–H groups in total. The molecule has 0 aliphatic rings. The summed E-state index contributed by atoms with van der Waals surface area (Å²) in [4.78, 5) is 30.5. The molecule has 33 heavy (non-hydrogen) atoms. The van der Waals surface area contributed by atoms with Gasteiger partial charge in [0.25, 0.3) is 5.91 Å². The summed E-state index contributed by atoms with van der Waals surface area (Å²) in [6.07, 6.45) is 0.233. The molecule has 8 nitrogen and oxygen atoms in total. The first-order valence-corrected chi connectivity index (χ1v) is 10.4. The molecule has 3 rings (SSSR count). The van der Waals surface area contributed by atoms with Gasteiger partial charge in [0.1, 0.15) is 5.82 Å². The van der Waals surface area contributed by atoms with Crippen LogP contribution in [-0.2, 0) is 20.7 Å². The quantitative estimate of drug-likeness (QED) is 0.455. The van der Waals surface area contributed by atoms with E-state index in [1.165, 1.54) is 29.2 Å². The Balaban J connectivity index is 1.54. The van der Waals surface area contributed by atoms with Gasteiger partial charge in [-0.15, -0.1) is 0 Å². The fourth-order valence-electron chi connectivity index (χ4n) is 3.24. The van der Waals surface area contributed by atoms with E-state index in [9.17, 15) is 14.0 Å². The second-order valence-electron chi connectivity index (χ2n) is 7.48. The molecular formula is C24H23FN4O4. The van der Waals surface area contributed by atoms with Crippen LogP contribution in [0.15, 0.2) is 47.0 Å². The first-order valence-electron chi connectivity index (χ1n) is 10.4. The fraction of sp³-hybridized carbons (Fsp3) is 0.292. The number of aromatic nitrogens is 2. The van der Waals surface area contributed by atoms with Crippen molar-refractivity contribution in [1.82, 2.24) is 10.1 Å². The van der Waals surface area contributed by atoms with Crippen LogP contribution in [-0.4, -0.2) is 35.2 Å². The van der Waals surface area contributed by atoms with Gasteiger partial charge in [-0.2, -0.15) is 10.2 Å². The normalized spacial score (nSPS) is 10.5. The fourth-order valence-corrected chi connectivity index (χ4v) is 3.24. The summed E-state index contributed by atoms with van der Waals surface area (Å²) in [5, 5.41) is 12.7. The van der Waals surface area contributed by atoms with Gasteiger partial charge in [-0.1, -0.05) is 11.2 Å². The van der Waals surface area contributed by atoms with Gasteiger partial charge in [0.15, 0.2) is 6.61 Å². The van der Waals surface area contributed by atoms with Gasteiger partial charge in [-0.05, 0) is 61.4 Å². The molecule has 0 saturated carbocycles. The maximum atomic E-state index is 13.0. The van der Waals surface area contributed by atoms with E-state index in [4.69, 9.17) is 14.5 Å². The number of carbonyl (C=O) groups excluding carboxylic acids is 2. The zero-order valence-electron chi connectivity index (χ0n) is 18.4. The summed E-state index contributed by atoms with van der Waals surface area (Å²) in [7, 11) is 0. The molecule has 0 fully saturated rings. The molecule has 0 aliphatic carbocycles. The number of rotatable bonds is 9. The molecule has 0 unspecified atom stereocenters. The second kappa shape index (κ2) is 11.0. The summed E-state index contributed by atoms with van der Waals surface area (Å²) in [6.45, 7) is 3.59. The number of nitriles is 1. The van der Waals surface area contributed by atoms with Crippen LogP contribution >= 0.6 is 0 Å². The van der Waals surface area contributed by atoms with Crippen molar-refractivity contribution in [3.05, 3.63) is 65.3 Å². The van der Waals surface area contributed by atoms with Crippen molar-refractivity contribution < 1.29 is 23.2 Å². The number of benzene rings is 2. The van der Waals surface area contributed by atoms with Crippen LogP contribution in [0.25, 0.3) is 11.4 Å². The lowest BCUT2D eigenvalue weighted by Gasteiger charge is -2.22. The van der Waals surface area contributed by atoms with Gasteiger partial charge in [0.05, 0.1) is 18.9 Å². The van der Waals surface area contributed by atoms with Crippen molar-refractivity contribution >= 4 is 17.6 Å². The number of nitrogens with zero attached hydrogens (tertiary/aromatic N) is 4. The third kappa shape index (κ3) is 6.71. The molecule has 0 bridgehead atoms. The van der Waals surface area contributed by atoms with E-state index in [2.05, 4.69) is 10.1 Å². The van der Waals surface area contributed by atoms with Crippen molar-refractivity contribution in [1.29, 1.82) is 5.26 Å². The van der Waals surface area contributed by atoms with Gasteiger partial charge < -0.3 is 14.2 Å². The van der Waals surface area contributed by atoms with Crippen LogP contribution in [0.5, 0.6) is 0 Å². The van der Waals surface area contributed by atoms with Gasteiger partial charge in [-0.3, -0.25) is 9.59 Å². The average Bonchev–Trinajstić information content (AvgIpc) is 3.25. The van der Waals surface area contributed by atoms with Crippen LogP contribution < -0.4 is 4.90 Å². The van der Waals surface area contributed by atoms with Crippen molar-refractivity contribution in [2.45, 2.75) is 33.1 Å². The molecule has 0 aliphatic heterocycles. The predicted molar refractivity (Wildman–Crippen MR) is 117 cm³/mol. The van der Waals surface area contributed by atoms with E-state index in [1.54, 1.807) is 0 Å². The number of ether oxygens (including phenoxy) is 1. The predicted octanol–water partition coefficient (Wildman–Crippen LogP) is 3.92. The van der Waals surface area contributed by atoms with E-state index in [-0.39, 0.29) is 43.3 Å². The largest absolute Gasteiger partial charge is 0.456 e. The summed E-state index contributed by atoms with van der Waals surface area (Å²) in [5.41, 5.74) is 3.21. The molecule has 0 saturated heterocycles. The van der Waals surface area contributed by atoms with Gasteiger partial charge in [0, 0.05) is 24.2 Å². The number of esters is 1. The Hall–Kier alpha value is -4.06.